The molecule has 0 saturated carbocycles. The summed E-state index contributed by atoms with van der Waals surface area (Å²) in [4.78, 5) is 20.1. The fraction of sp³-hybridized carbons (Fsp3) is 0.217. The van der Waals surface area contributed by atoms with Gasteiger partial charge >= 0.3 is 0 Å². The first kappa shape index (κ1) is 19.4. The van der Waals surface area contributed by atoms with Crippen LogP contribution in [-0.2, 0) is 13.0 Å². The number of carbonyl (C=O) groups is 1. The number of nitrogens with zero attached hydrogens (tertiary/aromatic N) is 3. The summed E-state index contributed by atoms with van der Waals surface area (Å²) in [5.74, 6) is 2.82. The topological polar surface area (TPSA) is 65.3 Å². The van der Waals surface area contributed by atoms with Crippen LogP contribution in [0.3, 0.4) is 0 Å². The number of thiophene rings is 1. The van der Waals surface area contributed by atoms with Gasteiger partial charge in [-0.25, -0.2) is 4.98 Å². The molecule has 7 nitrogen and oxygen atoms in total. The van der Waals surface area contributed by atoms with Crippen molar-refractivity contribution in [2.75, 3.05) is 18.7 Å². The predicted octanol–water partition coefficient (Wildman–Crippen LogP) is 4.54. The smallest absolute Gasteiger partial charge is 0.269 e. The minimum atomic E-state index is -0.0572. The summed E-state index contributed by atoms with van der Waals surface area (Å²) in [5.41, 5.74) is 2.49. The fourth-order valence-corrected chi connectivity index (χ4v) is 4.33. The average Bonchev–Trinajstić information content (AvgIpc) is 3.55. The summed E-state index contributed by atoms with van der Waals surface area (Å²) in [6, 6.07) is 13.3. The maximum absolute atomic E-state index is 12.9. The molecule has 3 aromatic heterocycles. The molecule has 0 saturated heterocycles. The number of amides is 1. The number of benzene rings is 1. The Balaban J connectivity index is 1.46. The van der Waals surface area contributed by atoms with E-state index in [9.17, 15) is 4.79 Å². The lowest BCUT2D eigenvalue weighted by Crippen LogP contribution is -2.27. The van der Waals surface area contributed by atoms with Crippen molar-refractivity contribution >= 4 is 28.7 Å². The van der Waals surface area contributed by atoms with Crippen molar-refractivity contribution in [2.45, 2.75) is 20.0 Å². The lowest BCUT2D eigenvalue weighted by atomic mass is 10.2. The van der Waals surface area contributed by atoms with Crippen LogP contribution in [0, 0.1) is 0 Å². The number of aryl methyl sites for hydroxylation is 1. The molecule has 4 aromatic rings. The minimum Gasteiger partial charge on any atom is -0.485 e. The van der Waals surface area contributed by atoms with E-state index in [1.807, 2.05) is 65.4 Å². The number of fused-ring (bicyclic) bond motifs is 2. The minimum absolute atomic E-state index is 0.0572. The molecule has 1 aliphatic rings. The normalized spacial score (nSPS) is 12.3. The number of rotatable bonds is 6. The van der Waals surface area contributed by atoms with Gasteiger partial charge in [-0.15, -0.1) is 11.3 Å². The molecule has 1 aromatic carbocycles. The van der Waals surface area contributed by atoms with Crippen LogP contribution in [0.4, 0.5) is 5.82 Å². The Bertz CT molecular complexity index is 1250. The molecule has 0 radical (unpaired) electrons. The van der Waals surface area contributed by atoms with E-state index in [4.69, 9.17) is 19.2 Å². The molecule has 31 heavy (non-hydrogen) atoms. The lowest BCUT2D eigenvalue weighted by Gasteiger charge is -2.17. The number of carbonyl (C=O) groups excluding carboxylic acids is 1. The summed E-state index contributed by atoms with van der Waals surface area (Å²) in [6.45, 7) is 2.64. The van der Waals surface area contributed by atoms with Crippen molar-refractivity contribution in [3.8, 4) is 17.2 Å². The van der Waals surface area contributed by atoms with E-state index in [1.165, 1.54) is 11.3 Å². The molecule has 1 aliphatic heterocycles. The van der Waals surface area contributed by atoms with Crippen molar-refractivity contribution in [3.05, 3.63) is 70.2 Å². The standard InChI is InChI=1S/C23H21N3O4S/c1-3-16-22(25(2)23(27)20-7-5-11-31-20)26-10-4-6-18(21(26)24-16)28-13-15-8-9-17-19(12-15)30-14-29-17/h4-12H,3,13-14H2,1-2H3. The molecule has 0 spiro atoms. The Morgan fingerprint density at radius 1 is 1.23 bits per heavy atom. The van der Waals surface area contributed by atoms with Crippen molar-refractivity contribution in [2.24, 2.45) is 0 Å². The van der Waals surface area contributed by atoms with Crippen molar-refractivity contribution in [1.29, 1.82) is 0 Å². The van der Waals surface area contributed by atoms with Crippen LogP contribution >= 0.6 is 11.3 Å². The second-order valence-corrected chi connectivity index (χ2v) is 8.07. The Kier molecular flexibility index (Phi) is 4.99. The highest BCUT2D eigenvalue weighted by atomic mass is 32.1. The Hall–Kier alpha value is -3.52. The molecular formula is C23H21N3O4S. The van der Waals surface area contributed by atoms with Crippen LogP contribution in [0.2, 0.25) is 0 Å². The monoisotopic (exact) mass is 435 g/mol. The third-order valence-electron chi connectivity index (χ3n) is 5.18. The molecule has 0 aliphatic carbocycles. The number of anilines is 1. The fourth-order valence-electron chi connectivity index (χ4n) is 3.64. The molecule has 0 atom stereocenters. The first-order valence-electron chi connectivity index (χ1n) is 9.98. The largest absolute Gasteiger partial charge is 0.485 e. The van der Waals surface area contributed by atoms with E-state index in [1.54, 1.807) is 11.9 Å². The van der Waals surface area contributed by atoms with Gasteiger partial charge in [0.2, 0.25) is 6.79 Å². The van der Waals surface area contributed by atoms with Crippen LogP contribution in [0.5, 0.6) is 17.2 Å². The highest BCUT2D eigenvalue weighted by molar-refractivity contribution is 7.12. The molecule has 0 unspecified atom stereocenters. The van der Waals surface area contributed by atoms with E-state index < -0.39 is 0 Å². The highest BCUT2D eigenvalue weighted by Crippen LogP contribution is 2.33. The summed E-state index contributed by atoms with van der Waals surface area (Å²) in [6.07, 6.45) is 2.60. The van der Waals surface area contributed by atoms with Crippen molar-refractivity contribution in [1.82, 2.24) is 9.38 Å². The van der Waals surface area contributed by atoms with Gasteiger partial charge in [0.05, 0.1) is 10.6 Å². The van der Waals surface area contributed by atoms with Crippen LogP contribution in [0.1, 0.15) is 27.9 Å². The molecule has 0 bridgehead atoms. The molecule has 8 heteroatoms. The molecular weight excluding hydrogens is 414 g/mol. The molecule has 158 valence electrons. The average molecular weight is 436 g/mol. The maximum atomic E-state index is 12.9. The highest BCUT2D eigenvalue weighted by Gasteiger charge is 2.23. The van der Waals surface area contributed by atoms with Crippen molar-refractivity contribution in [3.63, 3.8) is 0 Å². The lowest BCUT2D eigenvalue weighted by molar-refractivity contribution is 0.0995. The van der Waals surface area contributed by atoms with Gasteiger partial charge in [0.25, 0.3) is 5.91 Å². The summed E-state index contributed by atoms with van der Waals surface area (Å²) < 4.78 is 18.8. The van der Waals surface area contributed by atoms with Gasteiger partial charge in [0.15, 0.2) is 22.9 Å². The number of aromatic nitrogens is 2. The molecule has 0 N–H and O–H groups in total. The van der Waals surface area contributed by atoms with Gasteiger partial charge in [-0.2, -0.15) is 0 Å². The van der Waals surface area contributed by atoms with Gasteiger partial charge in [0.1, 0.15) is 12.4 Å². The summed E-state index contributed by atoms with van der Waals surface area (Å²) in [7, 11) is 1.78. The van der Waals surface area contributed by atoms with Crippen LogP contribution < -0.4 is 19.1 Å². The van der Waals surface area contributed by atoms with Gasteiger partial charge < -0.3 is 14.2 Å². The van der Waals surface area contributed by atoms with Crippen LogP contribution in [-0.4, -0.2) is 29.1 Å². The van der Waals surface area contributed by atoms with E-state index in [0.29, 0.717) is 29.3 Å². The van der Waals surface area contributed by atoms with Gasteiger partial charge in [-0.1, -0.05) is 19.1 Å². The second-order valence-electron chi connectivity index (χ2n) is 7.12. The first-order chi connectivity index (χ1) is 15.2. The third kappa shape index (κ3) is 3.48. The maximum Gasteiger partial charge on any atom is 0.269 e. The molecule has 5 rings (SSSR count). The number of hydrogen-bond acceptors (Lipinski definition) is 6. The Morgan fingerprint density at radius 3 is 2.90 bits per heavy atom. The third-order valence-corrected chi connectivity index (χ3v) is 6.04. The zero-order valence-corrected chi connectivity index (χ0v) is 18.0. The van der Waals surface area contributed by atoms with E-state index in [0.717, 1.165) is 28.6 Å². The predicted molar refractivity (Wildman–Crippen MR) is 119 cm³/mol. The first-order valence-corrected chi connectivity index (χ1v) is 10.9. The number of ether oxygens (including phenoxy) is 3. The van der Waals surface area contributed by atoms with E-state index >= 15 is 0 Å². The van der Waals surface area contributed by atoms with Gasteiger partial charge in [-0.3, -0.25) is 14.1 Å². The van der Waals surface area contributed by atoms with Gasteiger partial charge in [-0.05, 0) is 47.7 Å². The van der Waals surface area contributed by atoms with E-state index in [2.05, 4.69) is 0 Å². The van der Waals surface area contributed by atoms with Crippen LogP contribution in [0.15, 0.2) is 54.0 Å². The molecule has 0 fully saturated rings. The molecule has 1 amide bonds. The second kappa shape index (κ2) is 7.96. The quantitative estimate of drug-likeness (QED) is 0.445. The zero-order chi connectivity index (χ0) is 21.4. The summed E-state index contributed by atoms with van der Waals surface area (Å²) >= 11 is 1.43. The number of hydrogen-bond donors (Lipinski definition) is 0. The molecule has 4 heterocycles. The van der Waals surface area contributed by atoms with Crippen molar-refractivity contribution < 1.29 is 19.0 Å². The van der Waals surface area contributed by atoms with Crippen LogP contribution in [0.25, 0.3) is 5.65 Å². The Morgan fingerprint density at radius 2 is 2.10 bits per heavy atom. The van der Waals surface area contributed by atoms with Gasteiger partial charge in [0, 0.05) is 13.2 Å². The number of pyridine rings is 1. The SMILES string of the molecule is CCc1nc2c(OCc3ccc4c(c3)OCO4)cccn2c1N(C)C(=O)c1cccs1. The zero-order valence-electron chi connectivity index (χ0n) is 17.2. The summed E-state index contributed by atoms with van der Waals surface area (Å²) in [5, 5.41) is 1.90. The Labute approximate surface area is 183 Å². The van der Waals surface area contributed by atoms with E-state index in [-0.39, 0.29) is 12.7 Å². The number of imidazole rings is 1.